The summed E-state index contributed by atoms with van der Waals surface area (Å²) in [6.45, 7) is 6.05. The van der Waals surface area contributed by atoms with Crippen molar-refractivity contribution in [2.45, 2.75) is 6.42 Å². The van der Waals surface area contributed by atoms with E-state index in [-0.39, 0.29) is 18.1 Å². The molecule has 0 amide bonds. The third-order valence-corrected chi connectivity index (χ3v) is 3.51. The number of hydrogen-bond donors (Lipinski definition) is 0. The summed E-state index contributed by atoms with van der Waals surface area (Å²) in [4.78, 5) is 15.0. The van der Waals surface area contributed by atoms with Gasteiger partial charge in [-0.15, -0.1) is 12.4 Å². The van der Waals surface area contributed by atoms with Gasteiger partial charge in [-0.1, -0.05) is 6.07 Å². The number of nitrogens with zero attached hydrogens (tertiary/aromatic N) is 3. The predicted molar refractivity (Wildman–Crippen MR) is 84.4 cm³/mol. The second kappa shape index (κ2) is 8.81. The van der Waals surface area contributed by atoms with Crippen LogP contribution in [-0.2, 0) is 0 Å². The van der Waals surface area contributed by atoms with Crippen molar-refractivity contribution < 1.29 is 9.66 Å². The zero-order valence-electron chi connectivity index (χ0n) is 12.2. The molecule has 0 unspecified atom stereocenters. The number of likely N-dealkylation sites (N-methyl/N-ethyl adjacent to an activating group) is 1. The third kappa shape index (κ3) is 5.87. The molecule has 0 radical (unpaired) electrons. The Hall–Kier alpha value is -1.37. The van der Waals surface area contributed by atoms with Gasteiger partial charge in [-0.25, -0.2) is 0 Å². The molecular weight excluding hydrogens is 294 g/mol. The average Bonchev–Trinajstić information content (AvgIpc) is 2.46. The Balaban J connectivity index is 0.00000220. The van der Waals surface area contributed by atoms with Crippen molar-refractivity contribution in [2.75, 3.05) is 46.4 Å². The molecule has 0 N–H and O–H groups in total. The minimum Gasteiger partial charge on any atom is -0.493 e. The highest BCUT2D eigenvalue weighted by Gasteiger charge is 2.13. The normalized spacial score (nSPS) is 16.2. The maximum atomic E-state index is 10.7. The molecule has 1 aromatic rings. The smallest absolute Gasteiger partial charge is 0.273 e. The Morgan fingerprint density at radius 3 is 2.67 bits per heavy atom. The van der Waals surface area contributed by atoms with E-state index in [0.717, 1.165) is 39.1 Å². The van der Waals surface area contributed by atoms with Crippen LogP contribution in [0.2, 0.25) is 0 Å². The van der Waals surface area contributed by atoms with Crippen molar-refractivity contribution in [2.24, 2.45) is 0 Å². The van der Waals surface area contributed by atoms with Gasteiger partial charge >= 0.3 is 0 Å². The lowest BCUT2D eigenvalue weighted by Gasteiger charge is -2.32. The zero-order valence-corrected chi connectivity index (χ0v) is 13.1. The monoisotopic (exact) mass is 315 g/mol. The van der Waals surface area contributed by atoms with Crippen molar-refractivity contribution in [3.8, 4) is 5.75 Å². The Kier molecular flexibility index (Phi) is 7.42. The first-order valence-electron chi connectivity index (χ1n) is 6.93. The van der Waals surface area contributed by atoms with E-state index in [4.69, 9.17) is 4.74 Å². The molecule has 118 valence electrons. The minimum absolute atomic E-state index is 0. The van der Waals surface area contributed by atoms with Gasteiger partial charge in [-0.2, -0.15) is 0 Å². The van der Waals surface area contributed by atoms with E-state index in [1.54, 1.807) is 12.1 Å². The molecule has 21 heavy (non-hydrogen) atoms. The van der Waals surface area contributed by atoms with Crippen LogP contribution in [0.4, 0.5) is 5.69 Å². The van der Waals surface area contributed by atoms with Crippen LogP contribution < -0.4 is 4.74 Å². The summed E-state index contributed by atoms with van der Waals surface area (Å²) in [6.07, 6.45) is 0.937. The number of benzene rings is 1. The summed E-state index contributed by atoms with van der Waals surface area (Å²) in [7, 11) is 2.14. The fourth-order valence-corrected chi connectivity index (χ4v) is 2.24. The molecule has 0 spiro atoms. The molecule has 1 saturated heterocycles. The maximum absolute atomic E-state index is 10.7. The highest BCUT2D eigenvalue weighted by atomic mass is 35.5. The molecule has 7 heteroatoms. The van der Waals surface area contributed by atoms with Crippen molar-refractivity contribution in [1.29, 1.82) is 0 Å². The van der Waals surface area contributed by atoms with Crippen LogP contribution in [0.25, 0.3) is 0 Å². The lowest BCUT2D eigenvalue weighted by Crippen LogP contribution is -2.44. The molecule has 0 atom stereocenters. The molecular formula is C14H22ClN3O3. The number of ether oxygens (including phenoxy) is 1. The number of halogens is 1. The van der Waals surface area contributed by atoms with E-state index >= 15 is 0 Å². The molecule has 6 nitrogen and oxygen atoms in total. The van der Waals surface area contributed by atoms with Gasteiger partial charge in [-0.05, 0) is 19.5 Å². The second-order valence-electron chi connectivity index (χ2n) is 5.10. The Morgan fingerprint density at radius 2 is 2.00 bits per heavy atom. The van der Waals surface area contributed by atoms with E-state index in [2.05, 4.69) is 16.8 Å². The van der Waals surface area contributed by atoms with Gasteiger partial charge in [-0.3, -0.25) is 10.1 Å². The summed E-state index contributed by atoms with van der Waals surface area (Å²) in [5.41, 5.74) is 0.0709. The standard InChI is InChI=1S/C14H21N3O3.ClH/c1-15-7-9-16(10-8-15)6-3-11-20-14-5-2-4-13(12-14)17(18)19;/h2,4-5,12H,3,6-11H2,1H3;1H. The lowest BCUT2D eigenvalue weighted by molar-refractivity contribution is -0.384. The first-order chi connectivity index (χ1) is 9.65. The average molecular weight is 316 g/mol. The van der Waals surface area contributed by atoms with Crippen molar-refractivity contribution in [1.82, 2.24) is 9.80 Å². The van der Waals surface area contributed by atoms with E-state index in [1.165, 1.54) is 12.1 Å². The van der Waals surface area contributed by atoms with Crippen LogP contribution in [-0.4, -0.2) is 61.1 Å². The fraction of sp³-hybridized carbons (Fsp3) is 0.571. The first-order valence-corrected chi connectivity index (χ1v) is 6.93. The quantitative estimate of drug-likeness (QED) is 0.457. The summed E-state index contributed by atoms with van der Waals surface area (Å²) in [5.74, 6) is 0.567. The first kappa shape index (κ1) is 17.7. The Morgan fingerprint density at radius 1 is 1.29 bits per heavy atom. The van der Waals surface area contributed by atoms with E-state index < -0.39 is 4.92 Å². The van der Waals surface area contributed by atoms with Crippen molar-refractivity contribution >= 4 is 18.1 Å². The van der Waals surface area contributed by atoms with Gasteiger partial charge in [0.15, 0.2) is 0 Å². The predicted octanol–water partition coefficient (Wildman–Crippen LogP) is 2.03. The number of non-ortho nitro benzene ring substituents is 1. The fourth-order valence-electron chi connectivity index (χ4n) is 2.24. The number of piperazine rings is 1. The summed E-state index contributed by atoms with van der Waals surface area (Å²) in [6, 6.07) is 6.34. The second-order valence-corrected chi connectivity index (χ2v) is 5.10. The third-order valence-electron chi connectivity index (χ3n) is 3.51. The summed E-state index contributed by atoms with van der Waals surface area (Å²) < 4.78 is 5.57. The van der Waals surface area contributed by atoms with Crippen LogP contribution in [0.5, 0.6) is 5.75 Å². The van der Waals surface area contributed by atoms with E-state index in [9.17, 15) is 10.1 Å². The number of nitro groups is 1. The molecule has 0 aromatic heterocycles. The minimum atomic E-state index is -0.406. The Labute approximate surface area is 131 Å². The summed E-state index contributed by atoms with van der Waals surface area (Å²) in [5, 5.41) is 10.7. The van der Waals surface area contributed by atoms with E-state index in [0.29, 0.717) is 12.4 Å². The van der Waals surface area contributed by atoms with Crippen LogP contribution >= 0.6 is 12.4 Å². The van der Waals surface area contributed by atoms with Crippen LogP contribution in [0.1, 0.15) is 6.42 Å². The van der Waals surface area contributed by atoms with Crippen LogP contribution in [0, 0.1) is 10.1 Å². The highest BCUT2D eigenvalue weighted by molar-refractivity contribution is 5.85. The van der Waals surface area contributed by atoms with Crippen molar-refractivity contribution in [3.05, 3.63) is 34.4 Å². The molecule has 1 aromatic carbocycles. The molecule has 2 rings (SSSR count). The summed E-state index contributed by atoms with van der Waals surface area (Å²) >= 11 is 0. The van der Waals surface area contributed by atoms with Gasteiger partial charge in [0.25, 0.3) is 5.69 Å². The largest absolute Gasteiger partial charge is 0.493 e. The van der Waals surface area contributed by atoms with Crippen molar-refractivity contribution in [3.63, 3.8) is 0 Å². The van der Waals surface area contributed by atoms with Gasteiger partial charge in [0.1, 0.15) is 5.75 Å². The van der Waals surface area contributed by atoms with Gasteiger partial charge in [0.2, 0.25) is 0 Å². The number of nitro benzene ring substituents is 1. The van der Waals surface area contributed by atoms with Gasteiger partial charge < -0.3 is 14.5 Å². The van der Waals surface area contributed by atoms with Crippen LogP contribution in [0.15, 0.2) is 24.3 Å². The topological polar surface area (TPSA) is 58.8 Å². The molecule has 0 saturated carbocycles. The Bertz CT molecular complexity index is 451. The maximum Gasteiger partial charge on any atom is 0.273 e. The molecule has 1 aliphatic heterocycles. The molecule has 1 heterocycles. The highest BCUT2D eigenvalue weighted by Crippen LogP contribution is 2.19. The van der Waals surface area contributed by atoms with E-state index in [1.807, 2.05) is 0 Å². The van der Waals surface area contributed by atoms with Gasteiger partial charge in [0, 0.05) is 38.8 Å². The number of rotatable bonds is 6. The SMILES string of the molecule is CN1CCN(CCCOc2cccc([N+](=O)[O-])c2)CC1.Cl. The molecule has 0 bridgehead atoms. The zero-order chi connectivity index (χ0) is 14.4. The molecule has 1 aliphatic rings. The molecule has 0 aliphatic carbocycles. The van der Waals surface area contributed by atoms with Crippen LogP contribution in [0.3, 0.4) is 0 Å². The van der Waals surface area contributed by atoms with Gasteiger partial charge in [0.05, 0.1) is 17.6 Å². The molecule has 1 fully saturated rings. The lowest BCUT2D eigenvalue weighted by atomic mass is 10.3. The number of hydrogen-bond acceptors (Lipinski definition) is 5.